The van der Waals surface area contributed by atoms with Gasteiger partial charge in [-0.2, -0.15) is 5.26 Å². The maximum atomic E-state index is 10.6. The molecule has 0 aliphatic rings. The standard InChI is InChI=1S/C9H7NO3S/c10-5-14-9(4-11)6-1-2-7(12)8(13)3-6/h1-4,9,12-13H. The van der Waals surface area contributed by atoms with Crippen LogP contribution in [0.5, 0.6) is 11.5 Å². The van der Waals surface area contributed by atoms with E-state index in [0.717, 1.165) is 11.8 Å². The maximum absolute atomic E-state index is 10.6. The van der Waals surface area contributed by atoms with Gasteiger partial charge in [0.15, 0.2) is 11.5 Å². The molecule has 0 heterocycles. The van der Waals surface area contributed by atoms with E-state index in [0.29, 0.717) is 11.8 Å². The number of carbonyl (C=O) groups is 1. The Morgan fingerprint density at radius 2 is 2.14 bits per heavy atom. The summed E-state index contributed by atoms with van der Waals surface area (Å²) in [4.78, 5) is 10.6. The fourth-order valence-electron chi connectivity index (χ4n) is 0.949. The van der Waals surface area contributed by atoms with E-state index in [1.165, 1.54) is 18.2 Å². The first-order valence-corrected chi connectivity index (χ1v) is 4.59. The average molecular weight is 209 g/mol. The summed E-state index contributed by atoms with van der Waals surface area (Å²) in [6, 6.07) is 4.02. The largest absolute Gasteiger partial charge is 0.504 e. The van der Waals surface area contributed by atoms with Gasteiger partial charge in [-0.1, -0.05) is 6.07 Å². The topological polar surface area (TPSA) is 81.3 Å². The van der Waals surface area contributed by atoms with Crippen LogP contribution in [0.1, 0.15) is 10.8 Å². The minimum atomic E-state index is -0.633. The van der Waals surface area contributed by atoms with E-state index < -0.39 is 5.25 Å². The molecule has 4 nitrogen and oxygen atoms in total. The van der Waals surface area contributed by atoms with Gasteiger partial charge in [-0.25, -0.2) is 0 Å². The number of aldehydes is 1. The monoisotopic (exact) mass is 209 g/mol. The summed E-state index contributed by atoms with van der Waals surface area (Å²) in [6.45, 7) is 0. The van der Waals surface area contributed by atoms with Crippen molar-refractivity contribution in [3.63, 3.8) is 0 Å². The number of nitriles is 1. The molecule has 72 valence electrons. The van der Waals surface area contributed by atoms with Crippen LogP contribution >= 0.6 is 11.8 Å². The molecule has 1 rings (SSSR count). The van der Waals surface area contributed by atoms with Gasteiger partial charge in [0.05, 0.1) is 5.25 Å². The molecule has 0 bridgehead atoms. The number of rotatable bonds is 3. The number of benzene rings is 1. The van der Waals surface area contributed by atoms with Crippen LogP contribution in [0.15, 0.2) is 18.2 Å². The van der Waals surface area contributed by atoms with E-state index in [4.69, 9.17) is 15.5 Å². The normalized spacial score (nSPS) is 11.6. The minimum absolute atomic E-state index is 0.250. The summed E-state index contributed by atoms with van der Waals surface area (Å²) in [5, 5.41) is 27.7. The number of thioether (sulfide) groups is 1. The molecular weight excluding hydrogens is 202 g/mol. The highest BCUT2D eigenvalue weighted by Crippen LogP contribution is 2.32. The molecule has 5 heteroatoms. The second kappa shape index (κ2) is 4.53. The SMILES string of the molecule is N#CSC(C=O)c1ccc(O)c(O)c1. The second-order valence-electron chi connectivity index (χ2n) is 2.51. The zero-order valence-electron chi connectivity index (χ0n) is 7.04. The molecule has 1 unspecified atom stereocenters. The summed E-state index contributed by atoms with van der Waals surface area (Å²) in [5.41, 5.74) is 0.488. The lowest BCUT2D eigenvalue weighted by Crippen LogP contribution is -1.93. The van der Waals surface area contributed by atoms with Gasteiger partial charge < -0.3 is 15.0 Å². The lowest BCUT2D eigenvalue weighted by molar-refractivity contribution is -0.107. The van der Waals surface area contributed by atoms with E-state index in [2.05, 4.69) is 0 Å². The van der Waals surface area contributed by atoms with Gasteiger partial charge in [0.2, 0.25) is 0 Å². The third-order valence-electron chi connectivity index (χ3n) is 1.63. The average Bonchev–Trinajstić information content (AvgIpc) is 2.19. The zero-order chi connectivity index (χ0) is 10.6. The van der Waals surface area contributed by atoms with Gasteiger partial charge >= 0.3 is 0 Å². The number of phenols is 2. The Bertz CT molecular complexity index is 386. The Morgan fingerprint density at radius 1 is 1.43 bits per heavy atom. The van der Waals surface area contributed by atoms with Crippen molar-refractivity contribution < 1.29 is 15.0 Å². The van der Waals surface area contributed by atoms with Gasteiger partial charge in [0.25, 0.3) is 0 Å². The number of thiocyanates is 1. The smallest absolute Gasteiger partial charge is 0.157 e. The summed E-state index contributed by atoms with van der Waals surface area (Å²) in [6.07, 6.45) is 0.611. The van der Waals surface area contributed by atoms with Crippen molar-refractivity contribution in [1.29, 1.82) is 5.26 Å². The highest BCUT2D eigenvalue weighted by atomic mass is 32.2. The highest BCUT2D eigenvalue weighted by Gasteiger charge is 2.12. The lowest BCUT2D eigenvalue weighted by Gasteiger charge is -2.06. The summed E-state index contributed by atoms with van der Waals surface area (Å²) in [5.74, 6) is -0.548. The van der Waals surface area contributed by atoms with E-state index in [1.54, 1.807) is 5.40 Å². The third kappa shape index (κ3) is 2.18. The molecule has 0 aromatic heterocycles. The van der Waals surface area contributed by atoms with Crippen LogP contribution in [0.2, 0.25) is 0 Å². The molecular formula is C9H7NO3S. The van der Waals surface area contributed by atoms with Gasteiger partial charge in [0.1, 0.15) is 11.7 Å². The lowest BCUT2D eigenvalue weighted by atomic mass is 10.1. The van der Waals surface area contributed by atoms with Gasteiger partial charge in [-0.3, -0.25) is 0 Å². The Morgan fingerprint density at radius 3 is 2.64 bits per heavy atom. The number of nitrogens with zero attached hydrogens (tertiary/aromatic N) is 1. The highest BCUT2D eigenvalue weighted by molar-refractivity contribution is 8.04. The van der Waals surface area contributed by atoms with Crippen LogP contribution in [0, 0.1) is 10.7 Å². The van der Waals surface area contributed by atoms with Crippen molar-refractivity contribution in [2.45, 2.75) is 5.25 Å². The van der Waals surface area contributed by atoms with Crippen LogP contribution in [0.3, 0.4) is 0 Å². The minimum Gasteiger partial charge on any atom is -0.504 e. The molecule has 0 fully saturated rings. The van der Waals surface area contributed by atoms with Crippen LogP contribution in [-0.4, -0.2) is 16.5 Å². The van der Waals surface area contributed by atoms with E-state index in [1.807, 2.05) is 0 Å². The van der Waals surface area contributed by atoms with Gasteiger partial charge in [-0.15, -0.1) is 0 Å². The summed E-state index contributed by atoms with van der Waals surface area (Å²) >= 11 is 0.789. The van der Waals surface area contributed by atoms with Crippen molar-refractivity contribution in [3.8, 4) is 16.9 Å². The van der Waals surface area contributed by atoms with E-state index in [9.17, 15) is 4.79 Å². The van der Waals surface area contributed by atoms with Crippen LogP contribution in [-0.2, 0) is 4.79 Å². The van der Waals surface area contributed by atoms with E-state index >= 15 is 0 Å². The molecule has 0 radical (unpaired) electrons. The van der Waals surface area contributed by atoms with Crippen LogP contribution < -0.4 is 0 Å². The number of aromatic hydroxyl groups is 2. The van der Waals surface area contributed by atoms with Crippen molar-refractivity contribution in [1.82, 2.24) is 0 Å². The first-order valence-electron chi connectivity index (χ1n) is 3.71. The van der Waals surface area contributed by atoms with Crippen molar-refractivity contribution >= 4 is 18.0 Å². The summed E-state index contributed by atoms with van der Waals surface area (Å²) in [7, 11) is 0. The van der Waals surface area contributed by atoms with Gasteiger partial charge in [0, 0.05) is 0 Å². The first-order chi connectivity index (χ1) is 6.69. The fourth-order valence-corrected chi connectivity index (χ4v) is 1.40. The Kier molecular flexibility index (Phi) is 3.37. The second-order valence-corrected chi connectivity index (χ2v) is 3.44. The molecule has 0 saturated heterocycles. The van der Waals surface area contributed by atoms with E-state index in [-0.39, 0.29) is 11.5 Å². The maximum Gasteiger partial charge on any atom is 0.157 e. The van der Waals surface area contributed by atoms with Crippen molar-refractivity contribution in [2.24, 2.45) is 0 Å². The Labute approximate surface area is 84.8 Å². The number of hydrogen-bond donors (Lipinski definition) is 2. The van der Waals surface area contributed by atoms with Crippen molar-refractivity contribution in [2.75, 3.05) is 0 Å². The molecule has 0 aliphatic heterocycles. The number of carbonyl (C=O) groups excluding carboxylic acids is 1. The molecule has 1 atom stereocenters. The molecule has 0 spiro atoms. The molecule has 1 aromatic carbocycles. The van der Waals surface area contributed by atoms with Crippen LogP contribution in [0.25, 0.3) is 0 Å². The zero-order valence-corrected chi connectivity index (χ0v) is 7.86. The quantitative estimate of drug-likeness (QED) is 0.448. The Hall–Kier alpha value is -1.67. The Balaban J connectivity index is 3.00. The third-order valence-corrected chi connectivity index (χ3v) is 2.37. The summed E-state index contributed by atoms with van der Waals surface area (Å²) < 4.78 is 0. The molecule has 14 heavy (non-hydrogen) atoms. The fraction of sp³-hybridized carbons (Fsp3) is 0.111. The van der Waals surface area contributed by atoms with Crippen LogP contribution in [0.4, 0.5) is 0 Å². The molecule has 0 saturated carbocycles. The van der Waals surface area contributed by atoms with Crippen molar-refractivity contribution in [3.05, 3.63) is 23.8 Å². The number of phenolic OH excluding ortho intramolecular Hbond substituents is 2. The van der Waals surface area contributed by atoms with Gasteiger partial charge in [-0.05, 0) is 29.5 Å². The molecule has 0 amide bonds. The number of hydrogen-bond acceptors (Lipinski definition) is 5. The molecule has 0 aliphatic carbocycles. The molecule has 2 N–H and O–H groups in total. The predicted molar refractivity (Wildman–Crippen MR) is 51.8 cm³/mol. The molecule has 1 aromatic rings. The predicted octanol–water partition coefficient (Wildman–Crippen LogP) is 1.55. The first kappa shape index (κ1) is 10.4.